The summed E-state index contributed by atoms with van der Waals surface area (Å²) in [6.45, 7) is 6.22. The minimum Gasteiger partial charge on any atom is -0.377 e. The van der Waals surface area contributed by atoms with Crippen LogP contribution in [0.5, 0.6) is 0 Å². The summed E-state index contributed by atoms with van der Waals surface area (Å²) < 4.78 is 31.6. The number of aromatic nitrogens is 3. The van der Waals surface area contributed by atoms with Gasteiger partial charge in [0.25, 0.3) is 0 Å². The second kappa shape index (κ2) is 6.61. The molecule has 4 rings (SSSR count). The number of benzene rings is 1. The fraction of sp³-hybridized carbons (Fsp3) is 0.368. The Bertz CT molecular complexity index is 1110. The van der Waals surface area contributed by atoms with E-state index >= 15 is 0 Å². The maximum atomic E-state index is 13.1. The highest BCUT2D eigenvalue weighted by Gasteiger charge is 2.37. The van der Waals surface area contributed by atoms with Gasteiger partial charge in [-0.2, -0.15) is 5.10 Å². The normalized spacial score (nSPS) is 20.3. The Kier molecular flexibility index (Phi) is 4.39. The predicted octanol–water partition coefficient (Wildman–Crippen LogP) is 3.27. The second-order valence-corrected chi connectivity index (χ2v) is 9.10. The van der Waals surface area contributed by atoms with Gasteiger partial charge in [-0.3, -0.25) is 10.1 Å². The molecule has 0 amide bonds. The molecule has 2 N–H and O–H groups in total. The van der Waals surface area contributed by atoms with Crippen LogP contribution in [0.25, 0.3) is 10.9 Å². The van der Waals surface area contributed by atoms with Crippen molar-refractivity contribution in [3.05, 3.63) is 41.7 Å². The van der Waals surface area contributed by atoms with Crippen LogP contribution in [0.15, 0.2) is 35.4 Å². The van der Waals surface area contributed by atoms with Crippen molar-refractivity contribution in [3.63, 3.8) is 0 Å². The number of nitrogens with one attached hydrogen (secondary N) is 2. The third-order valence-corrected chi connectivity index (χ3v) is 7.58. The maximum absolute atomic E-state index is 13.1. The molecule has 2 aromatic heterocycles. The van der Waals surface area contributed by atoms with Gasteiger partial charge < -0.3 is 10.1 Å². The van der Waals surface area contributed by atoms with Crippen LogP contribution in [0.3, 0.4) is 0 Å². The van der Waals surface area contributed by atoms with Gasteiger partial charge in [-0.1, -0.05) is 0 Å². The first-order chi connectivity index (χ1) is 12.9. The first kappa shape index (κ1) is 17.9. The molecule has 0 spiro atoms. The number of sulfone groups is 1. The van der Waals surface area contributed by atoms with Gasteiger partial charge in [0.2, 0.25) is 0 Å². The summed E-state index contributed by atoms with van der Waals surface area (Å²) in [7, 11) is -3.48. The molecule has 0 bridgehead atoms. The van der Waals surface area contributed by atoms with Crippen LogP contribution in [0, 0.1) is 13.8 Å². The van der Waals surface area contributed by atoms with E-state index in [0.29, 0.717) is 23.7 Å². The van der Waals surface area contributed by atoms with Crippen LogP contribution in [0.4, 0.5) is 11.5 Å². The summed E-state index contributed by atoms with van der Waals surface area (Å²) in [5.74, 6) is 0.714. The van der Waals surface area contributed by atoms with Crippen LogP contribution >= 0.6 is 0 Å². The van der Waals surface area contributed by atoms with Gasteiger partial charge in [0.1, 0.15) is 0 Å². The van der Waals surface area contributed by atoms with Gasteiger partial charge in [-0.25, -0.2) is 8.42 Å². The van der Waals surface area contributed by atoms with Crippen molar-refractivity contribution in [1.29, 1.82) is 0 Å². The minimum absolute atomic E-state index is 0.295. The van der Waals surface area contributed by atoms with E-state index in [1.165, 1.54) is 0 Å². The zero-order chi connectivity index (χ0) is 19.2. The zero-order valence-corrected chi connectivity index (χ0v) is 16.3. The van der Waals surface area contributed by atoms with E-state index < -0.39 is 15.1 Å². The fourth-order valence-electron chi connectivity index (χ4n) is 3.44. The molecule has 2 atom stereocenters. The van der Waals surface area contributed by atoms with Crippen LogP contribution in [0.2, 0.25) is 0 Å². The maximum Gasteiger partial charge on any atom is 0.183 e. The first-order valence-electron chi connectivity index (χ1n) is 8.91. The topological polar surface area (TPSA) is 97.0 Å². The third-order valence-electron chi connectivity index (χ3n) is 5.25. The lowest BCUT2D eigenvalue weighted by Gasteiger charge is -2.16. The lowest BCUT2D eigenvalue weighted by Crippen LogP contribution is -2.28. The van der Waals surface area contributed by atoms with Gasteiger partial charge in [-0.05, 0) is 51.5 Å². The van der Waals surface area contributed by atoms with E-state index in [-0.39, 0.29) is 6.10 Å². The molecule has 1 aromatic carbocycles. The van der Waals surface area contributed by atoms with Gasteiger partial charge in [0, 0.05) is 29.4 Å². The number of fused-ring (bicyclic) bond motifs is 1. The highest BCUT2D eigenvalue weighted by molar-refractivity contribution is 7.92. The molecule has 1 fully saturated rings. The van der Waals surface area contributed by atoms with E-state index in [4.69, 9.17) is 4.74 Å². The van der Waals surface area contributed by atoms with Crippen molar-refractivity contribution in [2.75, 3.05) is 11.9 Å². The molecular weight excluding hydrogens is 364 g/mol. The van der Waals surface area contributed by atoms with Crippen molar-refractivity contribution in [2.24, 2.45) is 0 Å². The Hall–Kier alpha value is -2.45. The number of aromatic amines is 1. The van der Waals surface area contributed by atoms with Crippen LogP contribution < -0.4 is 5.32 Å². The molecule has 0 aliphatic carbocycles. The summed E-state index contributed by atoms with van der Waals surface area (Å²) in [6, 6.07) is 6.89. The zero-order valence-electron chi connectivity index (χ0n) is 15.5. The number of hydrogen-bond donors (Lipinski definition) is 2. The summed E-state index contributed by atoms with van der Waals surface area (Å²) in [4.78, 5) is 4.65. The largest absolute Gasteiger partial charge is 0.377 e. The number of anilines is 2. The van der Waals surface area contributed by atoms with Gasteiger partial charge >= 0.3 is 0 Å². The lowest BCUT2D eigenvalue weighted by molar-refractivity contribution is 0.126. The monoisotopic (exact) mass is 386 g/mol. The highest BCUT2D eigenvalue weighted by atomic mass is 32.2. The number of ether oxygens (including phenoxy) is 1. The molecule has 2 unspecified atom stereocenters. The van der Waals surface area contributed by atoms with Crippen molar-refractivity contribution >= 4 is 32.2 Å². The lowest BCUT2D eigenvalue weighted by atomic mass is 10.2. The van der Waals surface area contributed by atoms with E-state index in [0.717, 1.165) is 27.8 Å². The summed E-state index contributed by atoms with van der Waals surface area (Å²) in [5.41, 5.74) is 3.48. The standard InChI is InChI=1S/C19H22N4O3S/c1-11-12(2)22-23-19(11)21-17-6-8-20-16-5-4-14(10-15(16)17)27(24,25)18-7-9-26-13(18)3/h4-6,8,10,13,18H,7,9H2,1-3H3,(H2,20,21,22,23). The summed E-state index contributed by atoms with van der Waals surface area (Å²) in [5, 5.41) is 10.7. The molecule has 1 aliphatic rings. The average Bonchev–Trinajstić information content (AvgIpc) is 3.22. The highest BCUT2D eigenvalue weighted by Crippen LogP contribution is 2.32. The first-order valence-corrected chi connectivity index (χ1v) is 10.5. The van der Waals surface area contributed by atoms with Crippen molar-refractivity contribution < 1.29 is 13.2 Å². The Labute approximate surface area is 158 Å². The average molecular weight is 386 g/mol. The van der Waals surface area contributed by atoms with E-state index in [1.54, 1.807) is 24.4 Å². The molecule has 142 valence electrons. The molecular formula is C19H22N4O3S. The Morgan fingerprint density at radius 3 is 2.74 bits per heavy atom. The van der Waals surface area contributed by atoms with Crippen molar-refractivity contribution in [2.45, 2.75) is 43.4 Å². The Morgan fingerprint density at radius 1 is 1.26 bits per heavy atom. The minimum atomic E-state index is -3.48. The number of aryl methyl sites for hydroxylation is 1. The van der Waals surface area contributed by atoms with Crippen molar-refractivity contribution in [3.8, 4) is 0 Å². The Morgan fingerprint density at radius 2 is 2.07 bits per heavy atom. The van der Waals surface area contributed by atoms with Crippen LogP contribution in [-0.2, 0) is 14.6 Å². The molecule has 27 heavy (non-hydrogen) atoms. The molecule has 0 saturated carbocycles. The quantitative estimate of drug-likeness (QED) is 0.714. The predicted molar refractivity (Wildman–Crippen MR) is 104 cm³/mol. The molecule has 3 heterocycles. The Balaban J connectivity index is 1.78. The van der Waals surface area contributed by atoms with Gasteiger partial charge in [0.15, 0.2) is 15.7 Å². The van der Waals surface area contributed by atoms with E-state index in [9.17, 15) is 8.42 Å². The van der Waals surface area contributed by atoms with Crippen molar-refractivity contribution in [1.82, 2.24) is 15.2 Å². The molecule has 1 aliphatic heterocycles. The summed E-state index contributed by atoms with van der Waals surface area (Å²) >= 11 is 0. The van der Waals surface area contributed by atoms with E-state index in [2.05, 4.69) is 20.5 Å². The molecule has 7 nitrogen and oxygen atoms in total. The van der Waals surface area contributed by atoms with E-state index in [1.807, 2.05) is 26.8 Å². The number of hydrogen-bond acceptors (Lipinski definition) is 6. The smallest absolute Gasteiger partial charge is 0.183 e. The fourth-order valence-corrected chi connectivity index (χ4v) is 5.32. The van der Waals surface area contributed by atoms with Gasteiger partial charge in [-0.15, -0.1) is 0 Å². The van der Waals surface area contributed by atoms with Gasteiger partial charge in [0.05, 0.1) is 27.5 Å². The number of pyridine rings is 1. The molecule has 1 saturated heterocycles. The third kappa shape index (κ3) is 3.08. The second-order valence-electron chi connectivity index (χ2n) is 6.93. The van der Waals surface area contributed by atoms with Crippen LogP contribution in [0.1, 0.15) is 24.6 Å². The molecule has 3 aromatic rings. The molecule has 8 heteroatoms. The SMILES string of the molecule is Cc1[nH]nc(Nc2ccnc3ccc(S(=O)(=O)C4CCOC4C)cc23)c1C. The van der Waals surface area contributed by atoms with Crippen LogP contribution in [-0.4, -0.2) is 41.6 Å². The number of nitrogens with zero attached hydrogens (tertiary/aromatic N) is 2. The number of rotatable bonds is 4. The molecule has 0 radical (unpaired) electrons. The number of H-pyrrole nitrogens is 1. The summed E-state index contributed by atoms with van der Waals surface area (Å²) in [6.07, 6.45) is 1.92.